The summed E-state index contributed by atoms with van der Waals surface area (Å²) in [5.41, 5.74) is 2.25. The highest BCUT2D eigenvalue weighted by molar-refractivity contribution is 5.95. The minimum absolute atomic E-state index is 0.118. The van der Waals surface area contributed by atoms with Crippen LogP contribution in [0.2, 0.25) is 0 Å². The van der Waals surface area contributed by atoms with Crippen molar-refractivity contribution in [2.45, 2.75) is 31.5 Å². The first kappa shape index (κ1) is 25.4. The topological polar surface area (TPSA) is 128 Å². The van der Waals surface area contributed by atoms with Crippen LogP contribution in [0.5, 0.6) is 0 Å². The molecule has 9 heteroatoms. The maximum Gasteiger partial charge on any atom is 0.338 e. The van der Waals surface area contributed by atoms with Crippen molar-refractivity contribution in [1.82, 2.24) is 10.2 Å². The number of carboxylic acids is 1. The number of benzene rings is 3. The van der Waals surface area contributed by atoms with Gasteiger partial charge in [0.25, 0.3) is 0 Å². The van der Waals surface area contributed by atoms with Crippen LogP contribution in [-0.4, -0.2) is 41.4 Å². The third-order valence-electron chi connectivity index (χ3n) is 6.10. The van der Waals surface area contributed by atoms with Gasteiger partial charge in [-0.05, 0) is 42.2 Å². The summed E-state index contributed by atoms with van der Waals surface area (Å²) in [5, 5.41) is 16.7. The van der Waals surface area contributed by atoms with Crippen LogP contribution >= 0.6 is 0 Å². The molecule has 3 amide bonds. The molecular formula is C28H26N3O6-. The van der Waals surface area contributed by atoms with Gasteiger partial charge in [0.15, 0.2) is 0 Å². The predicted octanol–water partition coefficient (Wildman–Crippen LogP) is 2.65. The molecule has 3 aromatic rings. The number of carboxylic acid groups (broad SMARTS) is 1. The minimum Gasteiger partial charge on any atom is -0.548 e. The summed E-state index contributed by atoms with van der Waals surface area (Å²) >= 11 is 0. The van der Waals surface area contributed by atoms with E-state index < -0.39 is 42.5 Å². The maximum atomic E-state index is 13.0. The van der Waals surface area contributed by atoms with Crippen LogP contribution in [0.1, 0.15) is 40.4 Å². The molecule has 0 aliphatic carbocycles. The minimum atomic E-state index is -1.33. The van der Waals surface area contributed by atoms with Gasteiger partial charge < -0.3 is 30.2 Å². The normalized spacial score (nSPS) is 16.6. The summed E-state index contributed by atoms with van der Waals surface area (Å²) in [4.78, 5) is 50.7. The Morgan fingerprint density at radius 2 is 1.59 bits per heavy atom. The highest BCUT2D eigenvalue weighted by Crippen LogP contribution is 2.35. The number of ether oxygens (including phenoxy) is 1. The molecule has 2 atom stereocenters. The second-order valence-electron chi connectivity index (χ2n) is 8.59. The molecule has 1 saturated heterocycles. The van der Waals surface area contributed by atoms with E-state index in [1.807, 2.05) is 60.7 Å². The fraction of sp³-hybridized carbons (Fsp3) is 0.214. The second kappa shape index (κ2) is 11.9. The molecule has 4 rings (SSSR count). The quantitative estimate of drug-likeness (QED) is 0.458. The third-order valence-corrected chi connectivity index (χ3v) is 6.10. The number of likely N-dealkylation sites (tertiary alicyclic amines) is 1. The van der Waals surface area contributed by atoms with E-state index in [-0.39, 0.29) is 18.6 Å². The van der Waals surface area contributed by atoms with Gasteiger partial charge in [-0.25, -0.2) is 9.59 Å². The molecule has 0 bridgehead atoms. The van der Waals surface area contributed by atoms with Crippen molar-refractivity contribution < 1.29 is 29.0 Å². The average Bonchev–Trinajstić information content (AvgIpc) is 3.37. The number of amides is 3. The number of carbonyl (C=O) groups excluding carboxylic acids is 4. The highest BCUT2D eigenvalue weighted by Gasteiger charge is 2.38. The Hall–Kier alpha value is -4.66. The van der Waals surface area contributed by atoms with Gasteiger partial charge in [0.1, 0.15) is 6.61 Å². The van der Waals surface area contributed by atoms with Crippen molar-refractivity contribution in [2.24, 2.45) is 0 Å². The second-order valence-corrected chi connectivity index (χ2v) is 8.59. The number of anilines is 1. The first-order valence-electron chi connectivity index (χ1n) is 11.9. The van der Waals surface area contributed by atoms with Gasteiger partial charge in [0.05, 0.1) is 30.2 Å². The summed E-state index contributed by atoms with van der Waals surface area (Å²) < 4.78 is 5.32. The van der Waals surface area contributed by atoms with Crippen LogP contribution in [0.15, 0.2) is 84.9 Å². The average molecular weight is 501 g/mol. The maximum absolute atomic E-state index is 13.0. The lowest BCUT2D eigenvalue weighted by molar-refractivity contribution is -0.310. The summed E-state index contributed by atoms with van der Waals surface area (Å²) in [6.45, 7) is -0.287. The van der Waals surface area contributed by atoms with Gasteiger partial charge in [0, 0.05) is 5.69 Å². The Labute approximate surface area is 214 Å². The van der Waals surface area contributed by atoms with Crippen molar-refractivity contribution in [3.63, 3.8) is 0 Å². The summed E-state index contributed by atoms with van der Waals surface area (Å²) in [7, 11) is 0. The lowest BCUT2D eigenvalue weighted by atomic mass is 10.0. The van der Waals surface area contributed by atoms with Gasteiger partial charge in [-0.2, -0.15) is 0 Å². The van der Waals surface area contributed by atoms with E-state index in [1.54, 1.807) is 18.2 Å². The van der Waals surface area contributed by atoms with Crippen LogP contribution < -0.4 is 15.7 Å². The fourth-order valence-corrected chi connectivity index (χ4v) is 4.35. The fourth-order valence-electron chi connectivity index (χ4n) is 4.35. The molecule has 1 heterocycles. The monoisotopic (exact) mass is 500 g/mol. The number of esters is 1. The molecule has 1 fully saturated rings. The molecule has 0 aromatic heterocycles. The van der Waals surface area contributed by atoms with Crippen LogP contribution in [0.25, 0.3) is 0 Å². The predicted molar refractivity (Wildman–Crippen MR) is 133 cm³/mol. The van der Waals surface area contributed by atoms with E-state index in [0.717, 1.165) is 11.1 Å². The van der Waals surface area contributed by atoms with E-state index in [0.29, 0.717) is 12.1 Å². The van der Waals surface area contributed by atoms with Crippen molar-refractivity contribution in [1.29, 1.82) is 0 Å². The van der Waals surface area contributed by atoms with Gasteiger partial charge >= 0.3 is 12.0 Å². The van der Waals surface area contributed by atoms with E-state index in [1.165, 1.54) is 11.0 Å². The Morgan fingerprint density at radius 3 is 2.30 bits per heavy atom. The van der Waals surface area contributed by atoms with Gasteiger partial charge in [-0.15, -0.1) is 0 Å². The summed E-state index contributed by atoms with van der Waals surface area (Å²) in [5.74, 6) is -2.40. The van der Waals surface area contributed by atoms with Gasteiger partial charge in [-0.3, -0.25) is 4.79 Å². The molecule has 2 unspecified atom stereocenters. The zero-order valence-electron chi connectivity index (χ0n) is 20.0. The van der Waals surface area contributed by atoms with Crippen molar-refractivity contribution >= 4 is 29.6 Å². The Bertz CT molecular complexity index is 1270. The van der Waals surface area contributed by atoms with Crippen molar-refractivity contribution in [3.8, 4) is 0 Å². The largest absolute Gasteiger partial charge is 0.548 e. The Balaban J connectivity index is 1.33. The van der Waals surface area contributed by atoms with Crippen LogP contribution in [0.4, 0.5) is 10.5 Å². The molecular weight excluding hydrogens is 474 g/mol. The van der Waals surface area contributed by atoms with Crippen LogP contribution in [0.3, 0.4) is 0 Å². The number of hydrogen-bond donors (Lipinski definition) is 2. The molecule has 1 aliphatic rings. The number of rotatable bonds is 8. The molecule has 2 N–H and O–H groups in total. The molecule has 190 valence electrons. The summed E-state index contributed by atoms with van der Waals surface area (Å²) in [6.07, 6.45) is 0.751. The van der Waals surface area contributed by atoms with Crippen molar-refractivity contribution in [3.05, 3.63) is 102 Å². The standard InChI is InChI=1S/C28H27N3O6/c32-25(31-23(14-15-24(31)26(33)34)20-10-5-2-6-11-20)17-29-28(36)30-22-13-7-12-21(16-22)27(35)37-18-19-8-3-1-4-9-19/h1-13,16,23-24H,14-15,17-18H2,(H,33,34)(H2,29,30,36)/p-1. The first-order chi connectivity index (χ1) is 17.9. The lowest BCUT2D eigenvalue weighted by Gasteiger charge is -2.31. The van der Waals surface area contributed by atoms with Crippen LogP contribution in [0, 0.1) is 0 Å². The zero-order chi connectivity index (χ0) is 26.2. The first-order valence-corrected chi connectivity index (χ1v) is 11.9. The smallest absolute Gasteiger partial charge is 0.338 e. The number of nitrogens with zero attached hydrogens (tertiary/aromatic N) is 1. The van der Waals surface area contributed by atoms with Crippen LogP contribution in [-0.2, 0) is 20.9 Å². The van der Waals surface area contributed by atoms with Gasteiger partial charge in [-0.1, -0.05) is 66.7 Å². The highest BCUT2D eigenvalue weighted by atomic mass is 16.5. The SMILES string of the molecule is O=C(NCC(=O)N1C(C(=O)[O-])CCC1c1ccccc1)Nc1cccc(C(=O)OCc2ccccc2)c1. The number of hydrogen-bond acceptors (Lipinski definition) is 6. The third kappa shape index (κ3) is 6.52. The van der Waals surface area contributed by atoms with E-state index in [9.17, 15) is 24.3 Å². The van der Waals surface area contributed by atoms with E-state index in [2.05, 4.69) is 10.6 Å². The number of aliphatic carboxylic acids is 1. The molecule has 1 aliphatic heterocycles. The van der Waals surface area contributed by atoms with Gasteiger partial charge in [0.2, 0.25) is 5.91 Å². The number of nitrogens with one attached hydrogen (secondary N) is 2. The lowest BCUT2D eigenvalue weighted by Crippen LogP contribution is -2.50. The molecule has 0 spiro atoms. The Morgan fingerprint density at radius 1 is 0.892 bits per heavy atom. The molecule has 0 radical (unpaired) electrons. The zero-order valence-corrected chi connectivity index (χ0v) is 20.0. The number of carbonyl (C=O) groups is 4. The van der Waals surface area contributed by atoms with Crippen molar-refractivity contribution in [2.75, 3.05) is 11.9 Å². The summed E-state index contributed by atoms with van der Waals surface area (Å²) in [6, 6.07) is 22.5. The molecule has 3 aromatic carbocycles. The van der Waals surface area contributed by atoms with E-state index >= 15 is 0 Å². The van der Waals surface area contributed by atoms with E-state index in [4.69, 9.17) is 4.74 Å². The molecule has 9 nitrogen and oxygen atoms in total. The molecule has 37 heavy (non-hydrogen) atoms. The number of urea groups is 1. The Kier molecular flexibility index (Phi) is 8.15. The molecule has 0 saturated carbocycles.